The fourth-order valence-corrected chi connectivity index (χ4v) is 3.34. The molecule has 2 rings (SSSR count). The maximum Gasteiger partial charge on any atom is 0.266 e. The van der Waals surface area contributed by atoms with E-state index in [-0.39, 0.29) is 27.0 Å². The monoisotopic (exact) mass is 328 g/mol. The number of benzene rings is 1. The van der Waals surface area contributed by atoms with Crippen LogP contribution >= 0.6 is 11.6 Å². The third kappa shape index (κ3) is 3.44. The van der Waals surface area contributed by atoms with Gasteiger partial charge in [-0.25, -0.2) is 13.4 Å². The predicted molar refractivity (Wildman–Crippen MR) is 79.0 cm³/mol. The van der Waals surface area contributed by atoms with Crippen LogP contribution in [0.25, 0.3) is 0 Å². The van der Waals surface area contributed by atoms with E-state index in [1.807, 2.05) is 0 Å². The predicted octanol–water partition coefficient (Wildman–Crippen LogP) is 2.04. The van der Waals surface area contributed by atoms with Crippen molar-refractivity contribution in [3.8, 4) is 5.75 Å². The molecule has 112 valence electrons. The van der Waals surface area contributed by atoms with Gasteiger partial charge in [0, 0.05) is 16.8 Å². The first kappa shape index (κ1) is 15.6. The lowest BCUT2D eigenvalue weighted by atomic mass is 10.2. The quantitative estimate of drug-likeness (QED) is 0.876. The van der Waals surface area contributed by atoms with Gasteiger partial charge in [-0.3, -0.25) is 4.72 Å². The third-order valence-corrected chi connectivity index (χ3v) is 4.24. The van der Waals surface area contributed by atoms with Gasteiger partial charge in [0.1, 0.15) is 16.5 Å². The Labute approximate surface area is 127 Å². The van der Waals surface area contributed by atoms with Gasteiger partial charge in [0.15, 0.2) is 0 Å². The third-order valence-electron chi connectivity index (χ3n) is 2.66. The number of aromatic nitrogens is 1. The maximum atomic E-state index is 12.4. The molecular weight excluding hydrogens is 316 g/mol. The number of hydrogen-bond acceptors (Lipinski definition) is 5. The van der Waals surface area contributed by atoms with E-state index >= 15 is 0 Å². The van der Waals surface area contributed by atoms with Gasteiger partial charge < -0.3 is 9.84 Å². The summed E-state index contributed by atoms with van der Waals surface area (Å²) in [5.74, 6) is 0.218. The second-order valence-corrected chi connectivity index (χ2v) is 6.16. The molecule has 0 radical (unpaired) electrons. The second-order valence-electron chi connectivity index (χ2n) is 4.07. The van der Waals surface area contributed by atoms with E-state index in [9.17, 15) is 13.5 Å². The number of hydrogen-bond donors (Lipinski definition) is 2. The molecule has 0 aliphatic heterocycles. The molecule has 0 fully saturated rings. The largest absolute Gasteiger partial charge is 0.495 e. The Morgan fingerprint density at radius 1 is 1.38 bits per heavy atom. The Morgan fingerprint density at radius 2 is 2.14 bits per heavy atom. The van der Waals surface area contributed by atoms with Crippen LogP contribution < -0.4 is 9.46 Å². The van der Waals surface area contributed by atoms with Crippen molar-refractivity contribution in [1.82, 2.24) is 4.98 Å². The van der Waals surface area contributed by atoms with Gasteiger partial charge in [-0.2, -0.15) is 0 Å². The Kier molecular flexibility index (Phi) is 4.66. The molecule has 0 aliphatic carbocycles. The highest BCUT2D eigenvalue weighted by Gasteiger charge is 2.23. The van der Waals surface area contributed by atoms with Gasteiger partial charge in [0.2, 0.25) is 0 Å². The number of ether oxygens (including phenoxy) is 1. The number of halogens is 1. The maximum absolute atomic E-state index is 12.4. The van der Waals surface area contributed by atoms with Crippen LogP contribution in [-0.2, 0) is 16.6 Å². The first-order chi connectivity index (χ1) is 9.97. The molecule has 2 aromatic rings. The Balaban J connectivity index is 2.51. The fraction of sp³-hybridized carbons (Fsp3) is 0.154. The van der Waals surface area contributed by atoms with Crippen molar-refractivity contribution in [1.29, 1.82) is 0 Å². The van der Waals surface area contributed by atoms with Crippen molar-refractivity contribution in [2.75, 3.05) is 11.8 Å². The summed E-state index contributed by atoms with van der Waals surface area (Å²) in [5.41, 5.74) is 0.284. The lowest BCUT2D eigenvalue weighted by Gasteiger charge is -2.14. The molecule has 0 aliphatic rings. The van der Waals surface area contributed by atoms with Crippen LogP contribution in [0.5, 0.6) is 5.75 Å². The average Bonchev–Trinajstić information content (AvgIpc) is 2.46. The minimum absolute atomic E-state index is 0.0466. The smallest absolute Gasteiger partial charge is 0.266 e. The number of aliphatic hydroxyl groups excluding tert-OH is 1. The summed E-state index contributed by atoms with van der Waals surface area (Å²) in [6.45, 7) is -0.393. The lowest BCUT2D eigenvalue weighted by Crippen LogP contribution is -2.15. The van der Waals surface area contributed by atoms with Gasteiger partial charge in [-0.1, -0.05) is 17.7 Å². The van der Waals surface area contributed by atoms with Gasteiger partial charge in [-0.15, -0.1) is 0 Å². The van der Waals surface area contributed by atoms with Crippen LogP contribution in [0.15, 0.2) is 41.4 Å². The zero-order chi connectivity index (χ0) is 15.5. The van der Waals surface area contributed by atoms with E-state index in [1.54, 1.807) is 12.1 Å². The van der Waals surface area contributed by atoms with Crippen molar-refractivity contribution in [3.05, 3.63) is 47.1 Å². The minimum Gasteiger partial charge on any atom is -0.495 e. The number of methoxy groups -OCH3 is 1. The van der Waals surface area contributed by atoms with Crippen molar-refractivity contribution in [2.45, 2.75) is 11.5 Å². The number of sulfonamides is 1. The highest BCUT2D eigenvalue weighted by atomic mass is 35.5. The minimum atomic E-state index is -3.94. The van der Waals surface area contributed by atoms with Gasteiger partial charge in [-0.05, 0) is 24.3 Å². The molecule has 0 bridgehead atoms. The number of nitrogens with one attached hydrogen (secondary N) is 1. The number of nitrogens with zero attached hydrogens (tertiary/aromatic N) is 1. The molecule has 1 aromatic carbocycles. The van der Waals surface area contributed by atoms with Crippen molar-refractivity contribution in [2.24, 2.45) is 0 Å². The SMILES string of the molecule is COc1c(CO)cc(Cl)cc1S(=O)(=O)Nc1ccccn1. The second kappa shape index (κ2) is 6.30. The fourth-order valence-electron chi connectivity index (χ4n) is 1.79. The number of pyridine rings is 1. The summed E-state index contributed by atoms with van der Waals surface area (Å²) in [6.07, 6.45) is 1.46. The Morgan fingerprint density at radius 3 is 2.71 bits per heavy atom. The van der Waals surface area contributed by atoms with Crippen LogP contribution in [0.1, 0.15) is 5.56 Å². The van der Waals surface area contributed by atoms with Crippen molar-refractivity contribution in [3.63, 3.8) is 0 Å². The molecule has 8 heteroatoms. The highest BCUT2D eigenvalue weighted by molar-refractivity contribution is 7.92. The molecule has 0 amide bonds. The lowest BCUT2D eigenvalue weighted by molar-refractivity contribution is 0.272. The zero-order valence-electron chi connectivity index (χ0n) is 11.1. The summed E-state index contributed by atoms with van der Waals surface area (Å²) in [7, 11) is -2.62. The first-order valence-corrected chi connectivity index (χ1v) is 7.75. The average molecular weight is 329 g/mol. The van der Waals surface area contributed by atoms with E-state index < -0.39 is 16.6 Å². The molecule has 0 spiro atoms. The molecular formula is C13H13ClN2O4S. The summed E-state index contributed by atoms with van der Waals surface area (Å²) < 4.78 is 32.3. The highest BCUT2D eigenvalue weighted by Crippen LogP contribution is 2.32. The van der Waals surface area contributed by atoms with Crippen LogP contribution in [0, 0.1) is 0 Å². The van der Waals surface area contributed by atoms with E-state index in [2.05, 4.69) is 9.71 Å². The van der Waals surface area contributed by atoms with Crippen LogP contribution in [0.2, 0.25) is 5.02 Å². The summed E-state index contributed by atoms with van der Waals surface area (Å²) in [4.78, 5) is 3.74. The Bertz CT molecular complexity index is 735. The molecule has 0 unspecified atom stereocenters. The Hall–Kier alpha value is -1.83. The molecule has 0 atom stereocenters. The normalized spacial score (nSPS) is 11.2. The van der Waals surface area contributed by atoms with Crippen LogP contribution in [0.4, 0.5) is 5.82 Å². The first-order valence-electron chi connectivity index (χ1n) is 5.89. The molecule has 0 saturated heterocycles. The van der Waals surface area contributed by atoms with Crippen molar-refractivity contribution >= 4 is 27.4 Å². The number of anilines is 1. The summed E-state index contributed by atoms with van der Waals surface area (Å²) >= 11 is 5.89. The molecule has 2 N–H and O–H groups in total. The van der Waals surface area contributed by atoms with Gasteiger partial charge in [0.25, 0.3) is 10.0 Å². The van der Waals surface area contributed by atoms with Crippen molar-refractivity contribution < 1.29 is 18.3 Å². The summed E-state index contributed by atoms with van der Waals surface area (Å²) in [6, 6.07) is 7.54. The van der Waals surface area contributed by atoms with Gasteiger partial charge in [0.05, 0.1) is 13.7 Å². The number of aliphatic hydroxyl groups is 1. The van der Waals surface area contributed by atoms with E-state index in [0.717, 1.165) is 0 Å². The molecule has 1 heterocycles. The zero-order valence-corrected chi connectivity index (χ0v) is 12.6. The van der Waals surface area contributed by atoms with Crippen LogP contribution in [-0.4, -0.2) is 25.6 Å². The standard InChI is InChI=1S/C13H13ClN2O4S/c1-20-13-9(8-17)6-10(14)7-11(13)21(18,19)16-12-4-2-3-5-15-12/h2-7,17H,8H2,1H3,(H,15,16). The topological polar surface area (TPSA) is 88.5 Å². The molecule has 21 heavy (non-hydrogen) atoms. The number of rotatable bonds is 5. The van der Waals surface area contributed by atoms with Gasteiger partial charge >= 0.3 is 0 Å². The van der Waals surface area contributed by atoms with E-state index in [1.165, 1.54) is 31.5 Å². The molecule has 1 aromatic heterocycles. The summed E-state index contributed by atoms with van der Waals surface area (Å²) in [5, 5.41) is 9.47. The van der Waals surface area contributed by atoms with E-state index in [0.29, 0.717) is 0 Å². The molecule has 0 saturated carbocycles. The van der Waals surface area contributed by atoms with Crippen LogP contribution in [0.3, 0.4) is 0 Å². The van der Waals surface area contributed by atoms with E-state index in [4.69, 9.17) is 16.3 Å². The molecule has 6 nitrogen and oxygen atoms in total.